The first kappa shape index (κ1) is 12.6. The second-order valence-electron chi connectivity index (χ2n) is 5.04. The molecule has 1 heterocycles. The Hall–Kier alpha value is -2.44. The van der Waals surface area contributed by atoms with Crippen molar-refractivity contribution in [2.24, 2.45) is 5.92 Å². The normalized spacial score (nSPS) is 25.3. The molecule has 3 amide bonds. The minimum absolute atomic E-state index is 0.0926. The van der Waals surface area contributed by atoms with Crippen LogP contribution < -0.4 is 10.2 Å². The van der Waals surface area contributed by atoms with Gasteiger partial charge in [-0.1, -0.05) is 12.5 Å². The maximum atomic E-state index is 12.4. The Morgan fingerprint density at radius 2 is 2.10 bits per heavy atom. The Morgan fingerprint density at radius 3 is 2.85 bits per heavy atom. The minimum Gasteiger partial charge on any atom is -0.334 e. The third-order valence-electron chi connectivity index (χ3n) is 3.86. The highest BCUT2D eigenvalue weighted by atomic mass is 16.6. The predicted molar refractivity (Wildman–Crippen MR) is 70.2 cm³/mol. The van der Waals surface area contributed by atoms with Crippen molar-refractivity contribution < 1.29 is 14.5 Å². The third kappa shape index (κ3) is 1.91. The van der Waals surface area contributed by atoms with Gasteiger partial charge >= 0.3 is 6.03 Å². The highest BCUT2D eigenvalue weighted by Gasteiger charge is 2.44. The smallest absolute Gasteiger partial charge is 0.328 e. The lowest BCUT2D eigenvalue weighted by Crippen LogP contribution is -2.58. The molecule has 1 saturated heterocycles. The highest BCUT2D eigenvalue weighted by molar-refractivity contribution is 6.17. The average Bonchev–Trinajstić information content (AvgIpc) is 2.87. The Labute approximate surface area is 114 Å². The van der Waals surface area contributed by atoms with Crippen LogP contribution in [0.3, 0.4) is 0 Å². The van der Waals surface area contributed by atoms with Crippen molar-refractivity contribution in [3.8, 4) is 0 Å². The molecular weight excluding hydrogens is 262 g/mol. The summed E-state index contributed by atoms with van der Waals surface area (Å²) in [7, 11) is 0. The van der Waals surface area contributed by atoms with Gasteiger partial charge in [-0.15, -0.1) is 0 Å². The molecule has 1 aromatic carbocycles. The summed E-state index contributed by atoms with van der Waals surface area (Å²) < 4.78 is 0. The SMILES string of the molecule is O=C1NC2CCCC2C(=O)N1c1cccc([N+](=O)[O-])c1. The summed E-state index contributed by atoms with van der Waals surface area (Å²) in [6.45, 7) is 0. The number of non-ortho nitro benzene ring substituents is 1. The second kappa shape index (κ2) is 4.59. The van der Waals surface area contributed by atoms with Gasteiger partial charge < -0.3 is 5.32 Å². The third-order valence-corrected chi connectivity index (χ3v) is 3.86. The molecule has 20 heavy (non-hydrogen) atoms. The first-order valence-corrected chi connectivity index (χ1v) is 6.47. The van der Waals surface area contributed by atoms with E-state index in [0.29, 0.717) is 0 Å². The number of carbonyl (C=O) groups is 2. The number of hydrogen-bond donors (Lipinski definition) is 1. The lowest BCUT2D eigenvalue weighted by Gasteiger charge is -2.33. The molecule has 2 aliphatic rings. The molecule has 3 rings (SSSR count). The van der Waals surface area contributed by atoms with Crippen LogP contribution in [-0.4, -0.2) is 22.9 Å². The number of imide groups is 1. The number of amides is 3. The number of fused-ring (bicyclic) bond motifs is 1. The lowest BCUT2D eigenvalue weighted by molar-refractivity contribution is -0.384. The van der Waals surface area contributed by atoms with Gasteiger partial charge in [0.15, 0.2) is 0 Å². The van der Waals surface area contributed by atoms with Crippen molar-refractivity contribution in [2.75, 3.05) is 4.90 Å². The molecule has 1 saturated carbocycles. The molecule has 7 heteroatoms. The zero-order chi connectivity index (χ0) is 14.3. The fourth-order valence-electron chi connectivity index (χ4n) is 2.91. The molecule has 0 spiro atoms. The molecule has 0 bridgehead atoms. The van der Waals surface area contributed by atoms with Crippen LogP contribution in [0.25, 0.3) is 0 Å². The molecule has 0 aromatic heterocycles. The fraction of sp³-hybridized carbons (Fsp3) is 0.385. The van der Waals surface area contributed by atoms with Crippen molar-refractivity contribution in [2.45, 2.75) is 25.3 Å². The number of benzene rings is 1. The van der Waals surface area contributed by atoms with Gasteiger partial charge in [0.25, 0.3) is 5.69 Å². The van der Waals surface area contributed by atoms with E-state index in [9.17, 15) is 19.7 Å². The summed E-state index contributed by atoms with van der Waals surface area (Å²) in [4.78, 5) is 35.7. The summed E-state index contributed by atoms with van der Waals surface area (Å²) in [5.74, 6) is -0.483. The van der Waals surface area contributed by atoms with E-state index >= 15 is 0 Å². The van der Waals surface area contributed by atoms with Crippen LogP contribution >= 0.6 is 0 Å². The van der Waals surface area contributed by atoms with Crippen molar-refractivity contribution in [1.29, 1.82) is 0 Å². The number of nitrogens with zero attached hydrogens (tertiary/aromatic N) is 2. The van der Waals surface area contributed by atoms with Gasteiger partial charge in [0.05, 0.1) is 16.5 Å². The van der Waals surface area contributed by atoms with Crippen LogP contribution in [0, 0.1) is 16.0 Å². The molecule has 1 aromatic rings. The quantitative estimate of drug-likeness (QED) is 0.658. The number of nitro benzene ring substituents is 1. The highest BCUT2D eigenvalue weighted by Crippen LogP contribution is 2.33. The van der Waals surface area contributed by atoms with Crippen LogP contribution in [0.5, 0.6) is 0 Å². The van der Waals surface area contributed by atoms with Crippen LogP contribution in [0.1, 0.15) is 19.3 Å². The monoisotopic (exact) mass is 275 g/mol. The van der Waals surface area contributed by atoms with E-state index in [1.807, 2.05) is 0 Å². The zero-order valence-corrected chi connectivity index (χ0v) is 10.6. The summed E-state index contributed by atoms with van der Waals surface area (Å²) >= 11 is 0. The first-order chi connectivity index (χ1) is 9.58. The van der Waals surface area contributed by atoms with E-state index in [0.717, 1.165) is 24.2 Å². The number of anilines is 1. The van der Waals surface area contributed by atoms with E-state index < -0.39 is 11.0 Å². The Bertz CT molecular complexity index is 601. The molecule has 2 fully saturated rings. The van der Waals surface area contributed by atoms with Gasteiger partial charge in [-0.3, -0.25) is 14.9 Å². The van der Waals surface area contributed by atoms with Gasteiger partial charge in [0.2, 0.25) is 5.91 Å². The Kier molecular flexibility index (Phi) is 2.89. The van der Waals surface area contributed by atoms with Crippen LogP contribution in [0.4, 0.5) is 16.2 Å². The largest absolute Gasteiger partial charge is 0.334 e. The van der Waals surface area contributed by atoms with E-state index in [4.69, 9.17) is 0 Å². The van der Waals surface area contributed by atoms with Crippen molar-refractivity contribution in [1.82, 2.24) is 5.32 Å². The molecular formula is C13H13N3O4. The minimum atomic E-state index is -0.547. The van der Waals surface area contributed by atoms with Gasteiger partial charge in [-0.05, 0) is 18.9 Å². The topological polar surface area (TPSA) is 92.6 Å². The molecule has 2 unspecified atom stereocenters. The summed E-state index contributed by atoms with van der Waals surface area (Å²) in [5.41, 5.74) is 0.101. The molecule has 7 nitrogen and oxygen atoms in total. The van der Waals surface area contributed by atoms with Gasteiger partial charge in [0, 0.05) is 18.2 Å². The van der Waals surface area contributed by atoms with Crippen molar-refractivity contribution in [3.63, 3.8) is 0 Å². The molecule has 1 aliphatic heterocycles. The van der Waals surface area contributed by atoms with E-state index in [1.54, 1.807) is 0 Å². The van der Waals surface area contributed by atoms with E-state index in [2.05, 4.69) is 5.32 Å². The van der Waals surface area contributed by atoms with Gasteiger partial charge in [-0.25, -0.2) is 9.69 Å². The summed E-state index contributed by atoms with van der Waals surface area (Å²) in [6, 6.07) is 4.97. The number of hydrogen-bond acceptors (Lipinski definition) is 4. The van der Waals surface area contributed by atoms with Gasteiger partial charge in [-0.2, -0.15) is 0 Å². The Balaban J connectivity index is 1.96. The molecule has 2 atom stereocenters. The molecule has 0 radical (unpaired) electrons. The molecule has 1 N–H and O–H groups in total. The van der Waals surface area contributed by atoms with E-state index in [-0.39, 0.29) is 29.2 Å². The zero-order valence-electron chi connectivity index (χ0n) is 10.6. The molecule has 1 aliphatic carbocycles. The number of urea groups is 1. The molecule has 104 valence electrons. The summed E-state index contributed by atoms with van der Waals surface area (Å²) in [6.07, 6.45) is 2.46. The maximum absolute atomic E-state index is 12.4. The predicted octanol–water partition coefficient (Wildman–Crippen LogP) is 1.82. The lowest BCUT2D eigenvalue weighted by atomic mass is 9.99. The van der Waals surface area contributed by atoms with Crippen LogP contribution in [0.15, 0.2) is 24.3 Å². The van der Waals surface area contributed by atoms with Crippen molar-refractivity contribution >= 4 is 23.3 Å². The standard InChI is InChI=1S/C13H13N3O4/c17-12-10-5-2-6-11(10)14-13(18)15(12)8-3-1-4-9(7-8)16(19)20/h1,3-4,7,10-11H,2,5-6H2,(H,14,18). The number of rotatable bonds is 2. The average molecular weight is 275 g/mol. The Morgan fingerprint density at radius 1 is 1.30 bits per heavy atom. The van der Waals surface area contributed by atoms with Crippen molar-refractivity contribution in [3.05, 3.63) is 34.4 Å². The first-order valence-electron chi connectivity index (χ1n) is 6.47. The van der Waals surface area contributed by atoms with Crippen LogP contribution in [0.2, 0.25) is 0 Å². The number of nitrogens with one attached hydrogen (secondary N) is 1. The summed E-state index contributed by atoms with van der Waals surface area (Å²) in [5, 5.41) is 13.6. The second-order valence-corrected chi connectivity index (χ2v) is 5.04. The maximum Gasteiger partial charge on any atom is 0.328 e. The van der Waals surface area contributed by atoms with E-state index in [1.165, 1.54) is 24.3 Å². The number of carbonyl (C=O) groups excluding carboxylic acids is 2. The van der Waals surface area contributed by atoms with Gasteiger partial charge in [0.1, 0.15) is 0 Å². The van der Waals surface area contributed by atoms with Crippen LogP contribution in [-0.2, 0) is 4.79 Å². The fourth-order valence-corrected chi connectivity index (χ4v) is 2.91. The number of nitro groups is 1.